The number of nitrogens with one attached hydrogen (secondary N) is 2. The van der Waals surface area contributed by atoms with Crippen molar-refractivity contribution in [2.45, 2.75) is 12.5 Å². The molecule has 0 aromatic heterocycles. The molecule has 1 aromatic carbocycles. The van der Waals surface area contributed by atoms with Crippen molar-refractivity contribution < 1.29 is 14.4 Å². The number of fused-ring (bicyclic) bond motifs is 4. The molecule has 120 valence electrons. The molecule has 3 heterocycles. The Morgan fingerprint density at radius 3 is 2.52 bits per heavy atom. The van der Waals surface area contributed by atoms with E-state index in [2.05, 4.69) is 20.4 Å². The maximum absolute atomic E-state index is 12.7. The molecule has 23 heavy (non-hydrogen) atoms. The van der Waals surface area contributed by atoms with E-state index in [-0.39, 0.29) is 6.04 Å². The number of amides is 4. The van der Waals surface area contributed by atoms with Gasteiger partial charge in [-0.1, -0.05) is 18.2 Å². The topological polar surface area (TPSA) is 81.8 Å². The molecule has 3 aliphatic rings. The number of hydrogen-bond acceptors (Lipinski definition) is 5. The number of para-hydroxylation sites is 1. The van der Waals surface area contributed by atoms with E-state index in [0.29, 0.717) is 13.0 Å². The number of likely N-dealkylation sites (N-methyl/N-ethyl adjacent to an activating group) is 1. The second kappa shape index (κ2) is 4.79. The first-order valence-electron chi connectivity index (χ1n) is 7.72. The molecule has 2 fully saturated rings. The molecule has 1 atom stereocenters. The van der Waals surface area contributed by atoms with Crippen LogP contribution < -0.4 is 15.5 Å². The largest absolute Gasteiger partial charge is 0.364 e. The van der Waals surface area contributed by atoms with E-state index in [9.17, 15) is 14.4 Å². The number of carbonyl (C=O) groups excluding carboxylic acids is 3. The summed E-state index contributed by atoms with van der Waals surface area (Å²) in [6, 6.07) is 6.83. The number of hydrogen-bond donors (Lipinski definition) is 2. The zero-order valence-corrected chi connectivity index (χ0v) is 12.8. The Bertz CT molecular complexity index is 697. The lowest BCUT2D eigenvalue weighted by Gasteiger charge is -2.53. The van der Waals surface area contributed by atoms with Crippen molar-refractivity contribution >= 4 is 23.5 Å². The molecule has 0 bridgehead atoms. The maximum Gasteiger partial charge on any atom is 0.328 e. The lowest BCUT2D eigenvalue weighted by atomic mass is 9.68. The summed E-state index contributed by atoms with van der Waals surface area (Å²) in [4.78, 5) is 41.2. The molecule has 1 spiro atoms. The molecule has 2 saturated heterocycles. The standard InChI is InChI=1S/C16H18N4O3/c1-19-6-7-20-11-5-3-2-4-10(11)8-16(12(20)9-19)13(21)17-15(23)18-14(16)22/h2-5,12H,6-9H2,1H3,(H2,17,18,21,22,23). The van der Waals surface area contributed by atoms with Gasteiger partial charge in [-0.15, -0.1) is 0 Å². The van der Waals surface area contributed by atoms with E-state index in [1.54, 1.807) is 0 Å². The van der Waals surface area contributed by atoms with Crippen LogP contribution in [0.2, 0.25) is 0 Å². The monoisotopic (exact) mass is 314 g/mol. The van der Waals surface area contributed by atoms with Gasteiger partial charge in [0.15, 0.2) is 5.41 Å². The van der Waals surface area contributed by atoms with E-state index >= 15 is 0 Å². The zero-order chi connectivity index (χ0) is 16.2. The molecule has 0 aliphatic carbocycles. The van der Waals surface area contributed by atoms with Crippen LogP contribution in [0.25, 0.3) is 0 Å². The Morgan fingerprint density at radius 1 is 1.09 bits per heavy atom. The number of benzene rings is 1. The van der Waals surface area contributed by atoms with E-state index in [0.717, 1.165) is 24.3 Å². The predicted molar refractivity (Wildman–Crippen MR) is 82.9 cm³/mol. The molecule has 2 N–H and O–H groups in total. The molecule has 7 heteroatoms. The third-order valence-corrected chi connectivity index (χ3v) is 5.19. The quantitative estimate of drug-likeness (QED) is 0.644. The zero-order valence-electron chi connectivity index (χ0n) is 12.8. The van der Waals surface area contributed by atoms with E-state index in [4.69, 9.17) is 0 Å². The Kier molecular flexibility index (Phi) is 2.96. The van der Waals surface area contributed by atoms with Crippen LogP contribution in [0.4, 0.5) is 10.5 Å². The second-order valence-electron chi connectivity index (χ2n) is 6.49. The van der Waals surface area contributed by atoms with Crippen molar-refractivity contribution in [1.29, 1.82) is 0 Å². The first-order valence-corrected chi connectivity index (χ1v) is 7.72. The number of rotatable bonds is 0. The lowest BCUT2D eigenvalue weighted by Crippen LogP contribution is -2.74. The summed E-state index contributed by atoms with van der Waals surface area (Å²) >= 11 is 0. The van der Waals surface area contributed by atoms with Gasteiger partial charge in [-0.2, -0.15) is 0 Å². The molecule has 1 aromatic rings. The van der Waals surface area contributed by atoms with Gasteiger partial charge in [0.2, 0.25) is 11.8 Å². The van der Waals surface area contributed by atoms with Crippen LogP contribution in [0, 0.1) is 5.41 Å². The van der Waals surface area contributed by atoms with Crippen molar-refractivity contribution in [3.05, 3.63) is 29.8 Å². The van der Waals surface area contributed by atoms with Crippen LogP contribution >= 0.6 is 0 Å². The van der Waals surface area contributed by atoms with Crippen molar-refractivity contribution in [2.75, 3.05) is 31.6 Å². The van der Waals surface area contributed by atoms with E-state index < -0.39 is 23.3 Å². The number of anilines is 1. The Balaban J connectivity index is 1.88. The molecule has 4 amide bonds. The fourth-order valence-corrected chi connectivity index (χ4v) is 4.02. The SMILES string of the molecule is CN1CCN2c3ccccc3CC3(C(=O)NC(=O)NC3=O)C2C1. The van der Waals surface area contributed by atoms with E-state index in [1.807, 2.05) is 31.3 Å². The number of carbonyl (C=O) groups is 3. The molecule has 0 radical (unpaired) electrons. The highest BCUT2D eigenvalue weighted by Crippen LogP contribution is 2.44. The highest BCUT2D eigenvalue weighted by Gasteiger charge is 2.60. The first-order chi connectivity index (χ1) is 11.0. The van der Waals surface area contributed by atoms with E-state index in [1.165, 1.54) is 0 Å². The van der Waals surface area contributed by atoms with Crippen LogP contribution in [0.3, 0.4) is 0 Å². The van der Waals surface area contributed by atoms with Gasteiger partial charge in [0.25, 0.3) is 0 Å². The summed E-state index contributed by atoms with van der Waals surface area (Å²) in [6.45, 7) is 2.21. The van der Waals surface area contributed by atoms with Gasteiger partial charge < -0.3 is 9.80 Å². The summed E-state index contributed by atoms with van der Waals surface area (Å²) in [5, 5.41) is 4.59. The van der Waals surface area contributed by atoms with Crippen LogP contribution in [-0.2, 0) is 16.0 Å². The van der Waals surface area contributed by atoms with Crippen molar-refractivity contribution in [2.24, 2.45) is 5.41 Å². The highest BCUT2D eigenvalue weighted by atomic mass is 16.2. The molecule has 1 unspecified atom stereocenters. The second-order valence-corrected chi connectivity index (χ2v) is 6.49. The van der Waals surface area contributed by atoms with Crippen LogP contribution in [0.5, 0.6) is 0 Å². The van der Waals surface area contributed by atoms with Gasteiger partial charge >= 0.3 is 6.03 Å². The summed E-state index contributed by atoms with van der Waals surface area (Å²) in [5.74, 6) is -0.989. The average molecular weight is 314 g/mol. The minimum atomic E-state index is -1.27. The highest BCUT2D eigenvalue weighted by molar-refractivity contribution is 6.20. The molecular formula is C16H18N4O3. The number of urea groups is 1. The van der Waals surface area contributed by atoms with Gasteiger partial charge in [-0.05, 0) is 25.1 Å². The summed E-state index contributed by atoms with van der Waals surface area (Å²) < 4.78 is 0. The molecule has 3 aliphatic heterocycles. The van der Waals surface area contributed by atoms with Gasteiger partial charge in [-0.3, -0.25) is 20.2 Å². The Labute approximate surface area is 133 Å². The lowest BCUT2D eigenvalue weighted by molar-refractivity contribution is -0.147. The van der Waals surface area contributed by atoms with Gasteiger partial charge in [-0.25, -0.2) is 4.79 Å². The average Bonchev–Trinajstić information content (AvgIpc) is 2.52. The number of barbiturate groups is 1. The summed E-state index contributed by atoms with van der Waals surface area (Å²) in [5.41, 5.74) is 0.776. The van der Waals surface area contributed by atoms with Crippen LogP contribution in [-0.4, -0.2) is 55.5 Å². The van der Waals surface area contributed by atoms with Crippen molar-refractivity contribution in [1.82, 2.24) is 15.5 Å². The maximum atomic E-state index is 12.7. The van der Waals surface area contributed by atoms with Crippen molar-refractivity contribution in [3.8, 4) is 0 Å². The number of piperazine rings is 1. The van der Waals surface area contributed by atoms with Gasteiger partial charge in [0, 0.05) is 25.3 Å². The third-order valence-electron chi connectivity index (χ3n) is 5.19. The smallest absolute Gasteiger partial charge is 0.328 e. The summed E-state index contributed by atoms with van der Waals surface area (Å²) in [6.07, 6.45) is 0.309. The minimum absolute atomic E-state index is 0.288. The molecular weight excluding hydrogens is 296 g/mol. The van der Waals surface area contributed by atoms with Gasteiger partial charge in [0.1, 0.15) is 0 Å². The van der Waals surface area contributed by atoms with Crippen LogP contribution in [0.15, 0.2) is 24.3 Å². The first kappa shape index (κ1) is 14.2. The molecule has 0 saturated carbocycles. The minimum Gasteiger partial charge on any atom is -0.364 e. The van der Waals surface area contributed by atoms with Gasteiger partial charge in [0.05, 0.1) is 6.04 Å². The Hall–Kier alpha value is -2.41. The normalized spacial score (nSPS) is 26.4. The summed E-state index contributed by atoms with van der Waals surface area (Å²) in [7, 11) is 1.98. The van der Waals surface area contributed by atoms with Crippen LogP contribution in [0.1, 0.15) is 5.56 Å². The molecule has 4 rings (SSSR count). The fourth-order valence-electron chi connectivity index (χ4n) is 4.02. The fraction of sp³-hybridized carbons (Fsp3) is 0.438. The number of nitrogens with zero attached hydrogens (tertiary/aromatic N) is 2. The van der Waals surface area contributed by atoms with Crippen molar-refractivity contribution in [3.63, 3.8) is 0 Å². The molecule has 7 nitrogen and oxygen atoms in total. The Morgan fingerprint density at radius 2 is 1.78 bits per heavy atom. The predicted octanol–water partition coefficient (Wildman–Crippen LogP) is -0.284. The third kappa shape index (κ3) is 1.89. The number of imide groups is 2.